The van der Waals surface area contributed by atoms with Gasteiger partial charge in [0.05, 0.1) is 6.54 Å². The first-order valence-corrected chi connectivity index (χ1v) is 9.43. The number of halogens is 1. The average Bonchev–Trinajstić information content (AvgIpc) is 2.42. The lowest BCUT2D eigenvalue weighted by molar-refractivity contribution is -0.169. The first-order valence-electron chi connectivity index (χ1n) is 7.70. The molecule has 10 heteroatoms. The summed E-state index contributed by atoms with van der Waals surface area (Å²) in [6.07, 6.45) is -2.81. The maximum Gasteiger partial charge on any atom is 0.407 e. The van der Waals surface area contributed by atoms with E-state index in [1.165, 1.54) is 0 Å². The van der Waals surface area contributed by atoms with Gasteiger partial charge in [0.15, 0.2) is 0 Å². The highest BCUT2D eigenvalue weighted by atomic mass is 31.2. The van der Waals surface area contributed by atoms with Crippen molar-refractivity contribution in [2.45, 2.75) is 64.7 Å². The van der Waals surface area contributed by atoms with Crippen LogP contribution in [0, 0.1) is 0 Å². The van der Waals surface area contributed by atoms with Crippen molar-refractivity contribution in [3.05, 3.63) is 0 Å². The molecule has 0 aliphatic rings. The Labute approximate surface area is 142 Å². The van der Waals surface area contributed by atoms with E-state index >= 15 is 0 Å². The number of ether oxygens (including phenoxy) is 3. The van der Waals surface area contributed by atoms with Crippen molar-refractivity contribution in [1.29, 1.82) is 0 Å². The largest absolute Gasteiger partial charge is 0.444 e. The number of aliphatic hydroxyl groups excluding tert-OH is 1. The summed E-state index contributed by atoms with van der Waals surface area (Å²) in [6, 6.07) is 0. The molecule has 0 fully saturated rings. The van der Waals surface area contributed by atoms with Crippen LogP contribution >= 0.6 is 7.37 Å². The summed E-state index contributed by atoms with van der Waals surface area (Å²) in [5.41, 5.74) is -2.86. The molecule has 0 aromatic rings. The average molecular weight is 373 g/mol. The van der Waals surface area contributed by atoms with E-state index in [0.717, 1.165) is 6.92 Å². The van der Waals surface area contributed by atoms with Crippen molar-refractivity contribution in [2.75, 3.05) is 19.8 Å². The van der Waals surface area contributed by atoms with Crippen LogP contribution in [0.2, 0.25) is 0 Å². The molecule has 3 N–H and O–H groups in total. The van der Waals surface area contributed by atoms with E-state index in [-0.39, 0.29) is 13.2 Å². The fraction of sp³-hybridized carbons (Fsp3) is 0.929. The second-order valence-corrected chi connectivity index (χ2v) is 8.76. The zero-order chi connectivity index (χ0) is 19.2. The van der Waals surface area contributed by atoms with Gasteiger partial charge in [-0.2, -0.15) is 0 Å². The van der Waals surface area contributed by atoms with Crippen molar-refractivity contribution in [3.8, 4) is 0 Å². The zero-order valence-electron chi connectivity index (χ0n) is 15.0. The number of carbonyl (C=O) groups is 1. The van der Waals surface area contributed by atoms with Crippen molar-refractivity contribution >= 4 is 13.5 Å². The van der Waals surface area contributed by atoms with Crippen molar-refractivity contribution < 1.29 is 38.0 Å². The normalized spacial score (nSPS) is 17.7. The number of rotatable bonds is 9. The molecule has 3 unspecified atom stereocenters. The molecular formula is C14H29FNO7P. The van der Waals surface area contributed by atoms with Gasteiger partial charge in [0.25, 0.3) is 7.37 Å². The Morgan fingerprint density at radius 1 is 1.21 bits per heavy atom. The van der Waals surface area contributed by atoms with Gasteiger partial charge >= 0.3 is 6.09 Å². The Morgan fingerprint density at radius 3 is 2.04 bits per heavy atom. The second kappa shape index (κ2) is 9.10. The van der Waals surface area contributed by atoms with Crippen molar-refractivity contribution in [2.24, 2.45) is 0 Å². The Hall–Kier alpha value is -0.730. The maximum absolute atomic E-state index is 14.4. The molecule has 0 heterocycles. The molecule has 1 amide bonds. The van der Waals surface area contributed by atoms with Gasteiger partial charge < -0.3 is 29.5 Å². The SMILES string of the molecule is CCOC(C)(OCC)P(=O)(O)C(F)C(O)CNC(=O)OC(C)(C)C. The van der Waals surface area contributed by atoms with Crippen LogP contribution < -0.4 is 5.32 Å². The maximum atomic E-state index is 14.4. The van der Waals surface area contributed by atoms with Crippen LogP contribution in [-0.2, 0) is 18.8 Å². The lowest BCUT2D eigenvalue weighted by atomic mass is 10.2. The number of carbonyl (C=O) groups excluding carboxylic acids is 1. The van der Waals surface area contributed by atoms with Gasteiger partial charge in [-0.1, -0.05) is 0 Å². The molecule has 3 atom stereocenters. The van der Waals surface area contributed by atoms with Crippen LogP contribution in [0.15, 0.2) is 0 Å². The van der Waals surface area contributed by atoms with Crippen molar-refractivity contribution in [3.63, 3.8) is 0 Å². The van der Waals surface area contributed by atoms with Crippen LogP contribution in [0.25, 0.3) is 0 Å². The van der Waals surface area contributed by atoms with Crippen LogP contribution in [0.3, 0.4) is 0 Å². The summed E-state index contributed by atoms with van der Waals surface area (Å²) in [5.74, 6) is -2.57. The number of amides is 1. The molecule has 0 saturated carbocycles. The minimum Gasteiger partial charge on any atom is -0.444 e. The predicted molar refractivity (Wildman–Crippen MR) is 86.6 cm³/mol. The summed E-state index contributed by atoms with van der Waals surface area (Å²) in [7, 11) is -4.75. The van der Waals surface area contributed by atoms with E-state index in [1.54, 1.807) is 34.6 Å². The molecule has 0 aromatic heterocycles. The molecule has 24 heavy (non-hydrogen) atoms. The van der Waals surface area contributed by atoms with Gasteiger partial charge in [0, 0.05) is 13.2 Å². The van der Waals surface area contributed by atoms with E-state index in [2.05, 4.69) is 5.32 Å². The van der Waals surface area contributed by atoms with Gasteiger partial charge in [0.1, 0.15) is 11.7 Å². The summed E-state index contributed by atoms with van der Waals surface area (Å²) in [6.45, 7) is 8.60. The molecular weight excluding hydrogens is 344 g/mol. The van der Waals surface area contributed by atoms with Gasteiger partial charge in [-0.25, -0.2) is 9.18 Å². The number of hydrogen-bond acceptors (Lipinski definition) is 6. The lowest BCUT2D eigenvalue weighted by Crippen LogP contribution is -2.43. The molecule has 144 valence electrons. The predicted octanol–water partition coefficient (Wildman–Crippen LogP) is 2.18. The van der Waals surface area contributed by atoms with Crippen molar-refractivity contribution in [1.82, 2.24) is 5.32 Å². The fourth-order valence-corrected chi connectivity index (χ4v) is 3.47. The first kappa shape index (κ1) is 23.3. The second-order valence-electron chi connectivity index (χ2n) is 6.21. The third-order valence-corrected chi connectivity index (χ3v) is 5.35. The summed E-state index contributed by atoms with van der Waals surface area (Å²) < 4.78 is 42.0. The highest BCUT2D eigenvalue weighted by Gasteiger charge is 2.54. The molecule has 0 aliphatic carbocycles. The standard InChI is InChI=1S/C14H29FNO7P/c1-7-21-14(6,22-8-2)24(19,20)11(15)10(17)9-16-12(18)23-13(3,4)5/h10-11,17H,7-9H2,1-6H3,(H,16,18)(H,19,20). The monoisotopic (exact) mass is 373 g/mol. The fourth-order valence-electron chi connectivity index (χ4n) is 1.82. The molecule has 0 aliphatic heterocycles. The molecule has 0 radical (unpaired) electrons. The number of aliphatic hydroxyl groups is 1. The number of hydrogen-bond donors (Lipinski definition) is 3. The van der Waals surface area contributed by atoms with Gasteiger partial charge in [-0.15, -0.1) is 0 Å². The number of alkyl carbamates (subject to hydrolysis) is 1. The van der Waals surface area contributed by atoms with Gasteiger partial charge in [-0.3, -0.25) is 4.57 Å². The van der Waals surface area contributed by atoms with E-state index in [1.807, 2.05) is 0 Å². The van der Waals surface area contributed by atoms with E-state index in [4.69, 9.17) is 14.2 Å². The Bertz CT molecular complexity index is 449. The van der Waals surface area contributed by atoms with Crippen LogP contribution in [0.1, 0.15) is 41.5 Å². The number of nitrogens with one attached hydrogen (secondary N) is 1. The summed E-state index contributed by atoms with van der Waals surface area (Å²) in [5, 5.41) is 12.0. The van der Waals surface area contributed by atoms with Crippen LogP contribution in [0.5, 0.6) is 0 Å². The lowest BCUT2D eigenvalue weighted by Gasteiger charge is -2.35. The zero-order valence-corrected chi connectivity index (χ0v) is 15.9. The summed E-state index contributed by atoms with van der Waals surface area (Å²) in [4.78, 5) is 21.6. The highest BCUT2D eigenvalue weighted by molar-refractivity contribution is 7.59. The van der Waals surface area contributed by atoms with Gasteiger partial charge in [-0.05, 0) is 41.5 Å². The van der Waals surface area contributed by atoms with Crippen LogP contribution in [-0.4, -0.2) is 59.0 Å². The molecule has 0 spiro atoms. The Kier molecular flexibility index (Phi) is 8.83. The molecule has 0 rings (SSSR count). The molecule has 0 aromatic carbocycles. The van der Waals surface area contributed by atoms with E-state index in [9.17, 15) is 23.7 Å². The molecule has 0 bridgehead atoms. The quantitative estimate of drug-likeness (QED) is 0.419. The molecule has 8 nitrogen and oxygen atoms in total. The first-order chi connectivity index (χ1) is 10.8. The Morgan fingerprint density at radius 2 is 1.67 bits per heavy atom. The Balaban J connectivity index is 4.93. The smallest absolute Gasteiger partial charge is 0.407 e. The van der Waals surface area contributed by atoms with Gasteiger partial charge in [0.2, 0.25) is 11.4 Å². The van der Waals surface area contributed by atoms with Crippen LogP contribution in [0.4, 0.5) is 9.18 Å². The highest BCUT2D eigenvalue weighted by Crippen LogP contribution is 2.60. The third-order valence-electron chi connectivity index (χ3n) is 2.91. The topological polar surface area (TPSA) is 114 Å². The third kappa shape index (κ3) is 6.64. The summed E-state index contributed by atoms with van der Waals surface area (Å²) >= 11 is 0. The molecule has 0 saturated heterocycles. The minimum absolute atomic E-state index is 0.0139. The van der Waals surface area contributed by atoms with E-state index < -0.39 is 43.2 Å². The number of alkyl halides is 1. The van der Waals surface area contributed by atoms with E-state index in [0.29, 0.717) is 0 Å². The minimum atomic E-state index is -4.75.